The van der Waals surface area contributed by atoms with Crippen molar-refractivity contribution in [1.82, 2.24) is 0 Å². The summed E-state index contributed by atoms with van der Waals surface area (Å²) in [7, 11) is 0. The number of anilines is 1. The Bertz CT molecular complexity index is 464. The molecule has 0 heterocycles. The van der Waals surface area contributed by atoms with Gasteiger partial charge in [-0.05, 0) is 30.7 Å². The number of carbonyl (C=O) groups is 1. The first-order valence-electron chi connectivity index (χ1n) is 5.80. The molecule has 0 bridgehead atoms. The number of benzene rings is 1. The molecule has 0 saturated heterocycles. The Hall–Kier alpha value is -1.38. The van der Waals surface area contributed by atoms with E-state index in [9.17, 15) is 4.79 Å². The molecule has 1 unspecified atom stereocenters. The molecule has 1 amide bonds. The monoisotopic (exact) mass is 309 g/mol. The normalized spacial score (nSPS) is 11.7. The zero-order valence-corrected chi connectivity index (χ0v) is 11.8. The smallest absolute Gasteiger partial charge is 0.224 e. The van der Waals surface area contributed by atoms with Gasteiger partial charge in [-0.2, -0.15) is 5.26 Å². The number of nitrogens with zero attached hydrogens (tertiary/aromatic N) is 1. The maximum absolute atomic E-state index is 11.8. The summed E-state index contributed by atoms with van der Waals surface area (Å²) in [6, 6.07) is 7.23. The van der Waals surface area contributed by atoms with Gasteiger partial charge in [-0.3, -0.25) is 4.79 Å². The zero-order valence-electron chi connectivity index (χ0n) is 10.2. The molecule has 5 heteroatoms. The molecule has 1 aromatic rings. The van der Waals surface area contributed by atoms with E-state index >= 15 is 0 Å². The summed E-state index contributed by atoms with van der Waals surface area (Å²) < 4.78 is 0.811. The highest BCUT2D eigenvalue weighted by Crippen LogP contribution is 2.21. The van der Waals surface area contributed by atoms with Gasteiger partial charge in [0.1, 0.15) is 6.07 Å². The third kappa shape index (κ3) is 4.13. The number of hydrogen-bond acceptors (Lipinski definition) is 3. The SMILES string of the molecule is CCC(CN)CC(=O)Nc1ccc(Br)cc1C#N. The molecule has 18 heavy (non-hydrogen) atoms. The van der Waals surface area contributed by atoms with E-state index in [1.165, 1.54) is 0 Å². The van der Waals surface area contributed by atoms with Crippen molar-refractivity contribution >= 4 is 27.5 Å². The Balaban J connectivity index is 2.73. The minimum Gasteiger partial charge on any atom is -0.330 e. The van der Waals surface area contributed by atoms with E-state index in [1.807, 2.05) is 6.92 Å². The molecule has 0 radical (unpaired) electrons. The third-order valence-corrected chi connectivity index (χ3v) is 3.25. The minimum atomic E-state index is -0.105. The van der Waals surface area contributed by atoms with Gasteiger partial charge in [-0.1, -0.05) is 29.3 Å². The molecule has 0 aromatic heterocycles. The number of halogens is 1. The fraction of sp³-hybridized carbons (Fsp3) is 0.385. The van der Waals surface area contributed by atoms with E-state index < -0.39 is 0 Å². The van der Waals surface area contributed by atoms with Crippen molar-refractivity contribution in [2.45, 2.75) is 19.8 Å². The molecule has 1 atom stereocenters. The van der Waals surface area contributed by atoms with Gasteiger partial charge in [0.2, 0.25) is 5.91 Å². The summed E-state index contributed by atoms with van der Waals surface area (Å²) in [6.45, 7) is 2.50. The highest BCUT2D eigenvalue weighted by molar-refractivity contribution is 9.10. The van der Waals surface area contributed by atoms with E-state index in [2.05, 4.69) is 27.3 Å². The van der Waals surface area contributed by atoms with Crippen LogP contribution in [0.15, 0.2) is 22.7 Å². The second kappa shape index (κ2) is 7.14. The fourth-order valence-corrected chi connectivity index (χ4v) is 1.94. The molecule has 0 fully saturated rings. The minimum absolute atomic E-state index is 0.105. The average molecular weight is 310 g/mol. The van der Waals surface area contributed by atoms with Gasteiger partial charge >= 0.3 is 0 Å². The van der Waals surface area contributed by atoms with E-state index in [0.717, 1.165) is 10.9 Å². The molecule has 96 valence electrons. The summed E-state index contributed by atoms with van der Waals surface area (Å²) in [6.07, 6.45) is 1.25. The first-order chi connectivity index (χ1) is 8.60. The van der Waals surface area contributed by atoms with Gasteiger partial charge in [0, 0.05) is 10.9 Å². The van der Waals surface area contributed by atoms with Gasteiger partial charge in [-0.25, -0.2) is 0 Å². The van der Waals surface area contributed by atoms with Gasteiger partial charge in [-0.15, -0.1) is 0 Å². The predicted octanol–water partition coefficient (Wildman–Crippen LogP) is 2.63. The molecule has 3 N–H and O–H groups in total. The highest BCUT2D eigenvalue weighted by atomic mass is 79.9. The number of nitrogens with one attached hydrogen (secondary N) is 1. The Morgan fingerprint density at radius 2 is 2.33 bits per heavy atom. The fourth-order valence-electron chi connectivity index (χ4n) is 1.58. The molecule has 0 spiro atoms. The molecule has 0 aliphatic heterocycles. The summed E-state index contributed by atoms with van der Waals surface area (Å²) in [5.41, 5.74) is 6.54. The van der Waals surface area contributed by atoms with Crippen LogP contribution in [0.2, 0.25) is 0 Å². The van der Waals surface area contributed by atoms with Crippen LogP contribution in [0.1, 0.15) is 25.3 Å². The van der Waals surface area contributed by atoms with Gasteiger partial charge in [0.15, 0.2) is 0 Å². The first kappa shape index (κ1) is 14.7. The van der Waals surface area contributed by atoms with Gasteiger partial charge in [0.25, 0.3) is 0 Å². The molecule has 0 saturated carbocycles. The first-order valence-corrected chi connectivity index (χ1v) is 6.59. The van der Waals surface area contributed by atoms with Crippen molar-refractivity contribution < 1.29 is 4.79 Å². The molecule has 0 aliphatic carbocycles. The van der Waals surface area contributed by atoms with Crippen molar-refractivity contribution in [3.63, 3.8) is 0 Å². The van der Waals surface area contributed by atoms with Crippen LogP contribution in [0.25, 0.3) is 0 Å². The highest BCUT2D eigenvalue weighted by Gasteiger charge is 2.12. The van der Waals surface area contributed by atoms with Crippen LogP contribution in [0, 0.1) is 17.2 Å². The molecule has 0 aliphatic rings. The standard InChI is InChI=1S/C13H16BrN3O/c1-2-9(7-15)5-13(18)17-12-4-3-11(14)6-10(12)8-16/h3-4,6,9H,2,5,7,15H2,1H3,(H,17,18). The lowest BCUT2D eigenvalue weighted by molar-refractivity contribution is -0.117. The number of rotatable bonds is 5. The topological polar surface area (TPSA) is 78.9 Å². The quantitative estimate of drug-likeness (QED) is 0.877. The lowest BCUT2D eigenvalue weighted by atomic mass is 10.0. The van der Waals surface area contributed by atoms with Gasteiger partial charge in [0.05, 0.1) is 11.3 Å². The Kier molecular flexibility index (Phi) is 5.83. The maximum Gasteiger partial charge on any atom is 0.224 e. The van der Waals surface area contributed by atoms with Crippen molar-refractivity contribution in [1.29, 1.82) is 5.26 Å². The van der Waals surface area contributed by atoms with Crippen LogP contribution in [0.4, 0.5) is 5.69 Å². The largest absolute Gasteiger partial charge is 0.330 e. The van der Waals surface area contributed by atoms with E-state index in [-0.39, 0.29) is 11.8 Å². The Morgan fingerprint density at radius 1 is 1.61 bits per heavy atom. The molecule has 4 nitrogen and oxygen atoms in total. The van der Waals surface area contributed by atoms with Crippen LogP contribution in [0.5, 0.6) is 0 Å². The second-order valence-corrected chi connectivity index (χ2v) is 4.98. The predicted molar refractivity (Wildman–Crippen MR) is 74.9 cm³/mol. The summed E-state index contributed by atoms with van der Waals surface area (Å²) in [5.74, 6) is 0.0807. The van der Waals surface area contributed by atoms with Crippen molar-refractivity contribution in [2.24, 2.45) is 11.7 Å². The number of nitrogens with two attached hydrogens (primary N) is 1. The van der Waals surface area contributed by atoms with Crippen molar-refractivity contribution in [3.8, 4) is 6.07 Å². The van der Waals surface area contributed by atoms with E-state index in [1.54, 1.807) is 18.2 Å². The van der Waals surface area contributed by atoms with E-state index in [4.69, 9.17) is 11.0 Å². The Labute approximate surface area is 115 Å². The molecule has 1 rings (SSSR count). The van der Waals surface area contributed by atoms with Crippen LogP contribution in [0.3, 0.4) is 0 Å². The number of hydrogen-bond donors (Lipinski definition) is 2. The third-order valence-electron chi connectivity index (χ3n) is 2.76. The molecule has 1 aromatic carbocycles. The van der Waals surface area contributed by atoms with Crippen molar-refractivity contribution in [2.75, 3.05) is 11.9 Å². The van der Waals surface area contributed by atoms with Crippen molar-refractivity contribution in [3.05, 3.63) is 28.2 Å². The number of carbonyl (C=O) groups excluding carboxylic acids is 1. The summed E-state index contributed by atoms with van der Waals surface area (Å²) >= 11 is 3.29. The van der Waals surface area contributed by atoms with Crippen LogP contribution < -0.4 is 11.1 Å². The summed E-state index contributed by atoms with van der Waals surface area (Å²) in [5, 5.41) is 11.7. The van der Waals surface area contributed by atoms with Gasteiger partial charge < -0.3 is 11.1 Å². The molecular formula is C13H16BrN3O. The lowest BCUT2D eigenvalue weighted by Crippen LogP contribution is -2.22. The van der Waals surface area contributed by atoms with Crippen LogP contribution in [-0.4, -0.2) is 12.5 Å². The van der Waals surface area contributed by atoms with Crippen LogP contribution in [-0.2, 0) is 4.79 Å². The molecular weight excluding hydrogens is 294 g/mol. The number of nitriles is 1. The second-order valence-electron chi connectivity index (χ2n) is 4.06. The van der Waals surface area contributed by atoms with Crippen LogP contribution >= 0.6 is 15.9 Å². The number of amides is 1. The lowest BCUT2D eigenvalue weighted by Gasteiger charge is -2.12. The maximum atomic E-state index is 11.8. The zero-order chi connectivity index (χ0) is 13.5. The summed E-state index contributed by atoms with van der Waals surface area (Å²) in [4.78, 5) is 11.8. The van der Waals surface area contributed by atoms with E-state index in [0.29, 0.717) is 24.2 Å². The average Bonchev–Trinajstić information content (AvgIpc) is 2.38. The Morgan fingerprint density at radius 3 is 2.89 bits per heavy atom.